The Morgan fingerprint density at radius 1 is 0.974 bits per heavy atom. The number of nitrogens with one attached hydrogen (secondary N) is 1. The quantitative estimate of drug-likeness (QED) is 0.330. The molecular weight excluding hydrogens is 538 g/mol. The second-order valence-electron chi connectivity index (χ2n) is 9.08. The number of sulfonamides is 1. The maximum absolute atomic E-state index is 13.7. The van der Waals surface area contributed by atoms with Crippen molar-refractivity contribution in [2.45, 2.75) is 31.8 Å². The molecule has 0 bridgehead atoms. The van der Waals surface area contributed by atoms with Gasteiger partial charge in [-0.05, 0) is 41.8 Å². The van der Waals surface area contributed by atoms with Gasteiger partial charge in [0.15, 0.2) is 0 Å². The molecule has 0 saturated carbocycles. The van der Waals surface area contributed by atoms with E-state index in [-0.39, 0.29) is 37.7 Å². The van der Waals surface area contributed by atoms with Crippen molar-refractivity contribution in [2.24, 2.45) is 0 Å². The van der Waals surface area contributed by atoms with Crippen LogP contribution in [-0.2, 0) is 32.6 Å². The number of hydrogen-bond acceptors (Lipinski definition) is 5. The van der Waals surface area contributed by atoms with Crippen LogP contribution in [0.2, 0.25) is 5.02 Å². The summed E-state index contributed by atoms with van der Waals surface area (Å²) in [6.45, 7) is 0.242. The van der Waals surface area contributed by atoms with Gasteiger partial charge < -0.3 is 15.0 Å². The third-order valence-electron chi connectivity index (χ3n) is 6.27. The summed E-state index contributed by atoms with van der Waals surface area (Å²) in [4.78, 5) is 28.3. The zero-order valence-corrected chi connectivity index (χ0v) is 23.9. The molecule has 0 aliphatic rings. The molecule has 208 valence electrons. The minimum Gasteiger partial charge on any atom is -0.495 e. The highest BCUT2D eigenvalue weighted by Gasteiger charge is 2.30. The average molecular weight is 572 g/mol. The molecule has 1 N–H and O–H groups in total. The monoisotopic (exact) mass is 571 g/mol. The van der Waals surface area contributed by atoms with Crippen LogP contribution in [0.4, 0.5) is 5.69 Å². The second-order valence-corrected chi connectivity index (χ2v) is 11.4. The molecule has 0 aliphatic heterocycles. The minimum atomic E-state index is -3.65. The van der Waals surface area contributed by atoms with E-state index in [1.165, 1.54) is 11.4 Å². The molecule has 10 heteroatoms. The molecule has 0 heterocycles. The van der Waals surface area contributed by atoms with Crippen LogP contribution < -0.4 is 14.4 Å². The van der Waals surface area contributed by atoms with Gasteiger partial charge in [-0.1, -0.05) is 66.2 Å². The van der Waals surface area contributed by atoms with Crippen molar-refractivity contribution >= 4 is 39.1 Å². The SMILES string of the molecule is CNC(=O)C(Cc1ccccc1)N(Cc1cccc(Cl)c1)C(=O)CCCN(c1ccccc1OC)S(C)(=O)=O. The van der Waals surface area contributed by atoms with Gasteiger partial charge in [-0.2, -0.15) is 0 Å². The summed E-state index contributed by atoms with van der Waals surface area (Å²) in [6.07, 6.45) is 1.71. The van der Waals surface area contributed by atoms with Crippen molar-refractivity contribution in [3.8, 4) is 5.75 Å². The molecule has 1 unspecified atom stereocenters. The molecule has 0 fully saturated rings. The van der Waals surface area contributed by atoms with Crippen LogP contribution in [0.1, 0.15) is 24.0 Å². The van der Waals surface area contributed by atoms with E-state index >= 15 is 0 Å². The van der Waals surface area contributed by atoms with Gasteiger partial charge in [-0.3, -0.25) is 13.9 Å². The lowest BCUT2D eigenvalue weighted by Gasteiger charge is -2.31. The van der Waals surface area contributed by atoms with Gasteiger partial charge >= 0.3 is 0 Å². The Kier molecular flexibility index (Phi) is 10.8. The predicted molar refractivity (Wildman–Crippen MR) is 154 cm³/mol. The van der Waals surface area contributed by atoms with E-state index in [0.29, 0.717) is 22.9 Å². The van der Waals surface area contributed by atoms with Gasteiger partial charge in [0.1, 0.15) is 11.8 Å². The summed E-state index contributed by atoms with van der Waals surface area (Å²) in [7, 11) is -0.631. The Bertz CT molecular complexity index is 1370. The van der Waals surface area contributed by atoms with E-state index in [4.69, 9.17) is 16.3 Å². The fraction of sp³-hybridized carbons (Fsp3) is 0.310. The summed E-state index contributed by atoms with van der Waals surface area (Å²) in [5, 5.41) is 3.21. The molecule has 0 aromatic heterocycles. The molecule has 3 aromatic carbocycles. The number of carbonyl (C=O) groups excluding carboxylic acids is 2. The largest absolute Gasteiger partial charge is 0.495 e. The van der Waals surface area contributed by atoms with Gasteiger partial charge in [0, 0.05) is 38.0 Å². The molecule has 0 radical (unpaired) electrons. The first-order valence-electron chi connectivity index (χ1n) is 12.5. The zero-order chi connectivity index (χ0) is 28.4. The van der Waals surface area contributed by atoms with Crippen LogP contribution in [0.15, 0.2) is 78.9 Å². The molecule has 2 amide bonds. The van der Waals surface area contributed by atoms with Gasteiger partial charge in [-0.15, -0.1) is 0 Å². The van der Waals surface area contributed by atoms with Gasteiger partial charge in [0.25, 0.3) is 0 Å². The highest BCUT2D eigenvalue weighted by atomic mass is 35.5. The van der Waals surface area contributed by atoms with E-state index in [9.17, 15) is 18.0 Å². The van der Waals surface area contributed by atoms with Gasteiger partial charge in [0.05, 0.1) is 19.1 Å². The summed E-state index contributed by atoms with van der Waals surface area (Å²) in [5.74, 6) is -0.145. The van der Waals surface area contributed by atoms with E-state index < -0.39 is 16.1 Å². The molecule has 3 rings (SSSR count). The zero-order valence-electron chi connectivity index (χ0n) is 22.3. The lowest BCUT2D eigenvalue weighted by Crippen LogP contribution is -2.49. The Labute approximate surface area is 235 Å². The fourth-order valence-corrected chi connectivity index (χ4v) is 5.55. The summed E-state index contributed by atoms with van der Waals surface area (Å²) in [5.41, 5.74) is 2.09. The Morgan fingerprint density at radius 3 is 2.28 bits per heavy atom. The van der Waals surface area contributed by atoms with Crippen LogP contribution in [-0.4, -0.2) is 58.1 Å². The van der Waals surface area contributed by atoms with Gasteiger partial charge in [0.2, 0.25) is 21.8 Å². The highest BCUT2D eigenvalue weighted by molar-refractivity contribution is 7.92. The normalized spacial score (nSPS) is 11.9. The van der Waals surface area contributed by atoms with Crippen LogP contribution in [0.5, 0.6) is 5.75 Å². The smallest absolute Gasteiger partial charge is 0.242 e. The van der Waals surface area contributed by atoms with Crippen LogP contribution >= 0.6 is 11.6 Å². The maximum atomic E-state index is 13.7. The number of carbonyl (C=O) groups is 2. The summed E-state index contributed by atoms with van der Waals surface area (Å²) >= 11 is 6.20. The average Bonchev–Trinajstić information content (AvgIpc) is 2.92. The Morgan fingerprint density at radius 2 is 1.64 bits per heavy atom. The number of benzene rings is 3. The first-order chi connectivity index (χ1) is 18.6. The fourth-order valence-electron chi connectivity index (χ4n) is 4.37. The topological polar surface area (TPSA) is 96.0 Å². The minimum absolute atomic E-state index is 0.0318. The van der Waals surface area contributed by atoms with Crippen molar-refractivity contribution in [3.63, 3.8) is 0 Å². The van der Waals surface area contributed by atoms with Crippen LogP contribution in [0.25, 0.3) is 0 Å². The van der Waals surface area contributed by atoms with Crippen LogP contribution in [0, 0.1) is 0 Å². The number of hydrogen-bond donors (Lipinski definition) is 1. The molecule has 0 saturated heterocycles. The molecule has 3 aromatic rings. The number of para-hydroxylation sites is 2. The van der Waals surface area contributed by atoms with Crippen molar-refractivity contribution in [1.29, 1.82) is 0 Å². The number of rotatable bonds is 13. The number of methoxy groups -OCH3 is 1. The van der Waals surface area contributed by atoms with Crippen molar-refractivity contribution in [3.05, 3.63) is 95.0 Å². The molecule has 8 nitrogen and oxygen atoms in total. The number of nitrogens with zero attached hydrogens (tertiary/aromatic N) is 2. The van der Waals surface area contributed by atoms with E-state index in [1.54, 1.807) is 54.4 Å². The second kappa shape index (κ2) is 14.0. The van der Waals surface area contributed by atoms with Crippen molar-refractivity contribution in [1.82, 2.24) is 10.2 Å². The number of halogens is 1. The van der Waals surface area contributed by atoms with E-state index in [0.717, 1.165) is 17.4 Å². The van der Waals surface area contributed by atoms with Crippen LogP contribution in [0.3, 0.4) is 0 Å². The predicted octanol–water partition coefficient (Wildman–Crippen LogP) is 4.28. The molecular formula is C29H34ClN3O5S. The van der Waals surface area contributed by atoms with Gasteiger partial charge in [-0.25, -0.2) is 8.42 Å². The number of amides is 2. The third kappa shape index (κ3) is 8.46. The number of ether oxygens (including phenoxy) is 1. The van der Waals surface area contributed by atoms with E-state index in [2.05, 4.69) is 5.32 Å². The third-order valence-corrected chi connectivity index (χ3v) is 7.68. The molecule has 1 atom stereocenters. The maximum Gasteiger partial charge on any atom is 0.242 e. The summed E-state index contributed by atoms with van der Waals surface area (Å²) < 4.78 is 31.9. The number of likely N-dealkylation sites (N-methyl/N-ethyl adjacent to an activating group) is 1. The Hall–Kier alpha value is -3.56. The van der Waals surface area contributed by atoms with Crippen molar-refractivity contribution in [2.75, 3.05) is 31.3 Å². The molecule has 0 spiro atoms. The number of anilines is 1. The molecule has 39 heavy (non-hydrogen) atoms. The Balaban J connectivity index is 1.86. The first kappa shape index (κ1) is 30.0. The lowest BCUT2D eigenvalue weighted by molar-refractivity contribution is -0.141. The standard InChI is InChI=1S/C29H34ClN3O5S/c1-31-29(35)26(20-22-11-5-4-6-12-22)32(21-23-13-9-14-24(30)19-23)28(34)17-10-18-33(39(3,36)37)25-15-7-8-16-27(25)38-2/h4-9,11-16,19,26H,10,17-18,20-21H2,1-3H3,(H,31,35). The highest BCUT2D eigenvalue weighted by Crippen LogP contribution is 2.30. The summed E-state index contributed by atoms with van der Waals surface area (Å²) in [6, 6.07) is 22.7. The first-order valence-corrected chi connectivity index (χ1v) is 14.8. The van der Waals surface area contributed by atoms with Crippen molar-refractivity contribution < 1.29 is 22.7 Å². The lowest BCUT2D eigenvalue weighted by atomic mass is 10.0. The molecule has 0 aliphatic carbocycles. The van der Waals surface area contributed by atoms with E-state index in [1.807, 2.05) is 36.4 Å².